The van der Waals surface area contributed by atoms with E-state index in [2.05, 4.69) is 5.32 Å². The van der Waals surface area contributed by atoms with Gasteiger partial charge in [0, 0.05) is 24.1 Å². The number of nitro benzene ring substituents is 1. The van der Waals surface area contributed by atoms with Crippen molar-refractivity contribution in [1.82, 2.24) is 10.8 Å². The normalized spacial score (nSPS) is 11.4. The van der Waals surface area contributed by atoms with Crippen molar-refractivity contribution in [2.75, 3.05) is 0 Å². The van der Waals surface area contributed by atoms with E-state index in [0.717, 1.165) is 18.2 Å². The molecular weight excluding hydrogens is 385 g/mol. The predicted octanol–water partition coefficient (Wildman–Crippen LogP) is -0.865. The van der Waals surface area contributed by atoms with Crippen LogP contribution in [0.4, 0.5) is 5.69 Å². The Morgan fingerprint density at radius 1 is 1.21 bits per heavy atom. The summed E-state index contributed by atoms with van der Waals surface area (Å²) in [5, 5.41) is 50.4. The maximum Gasteiger partial charge on any atom is 0.488 e. The predicted molar refractivity (Wildman–Crippen MR) is 101 cm³/mol. The first-order chi connectivity index (χ1) is 13.6. The highest BCUT2D eigenvalue weighted by Crippen LogP contribution is 2.18. The van der Waals surface area contributed by atoms with Crippen LogP contribution in [0.1, 0.15) is 21.5 Å². The van der Waals surface area contributed by atoms with Crippen LogP contribution in [0.25, 0.3) is 0 Å². The van der Waals surface area contributed by atoms with Crippen molar-refractivity contribution in [3.63, 3.8) is 0 Å². The van der Waals surface area contributed by atoms with E-state index in [4.69, 9.17) is 5.21 Å². The molecule has 0 spiro atoms. The van der Waals surface area contributed by atoms with Gasteiger partial charge >= 0.3 is 7.12 Å². The van der Waals surface area contributed by atoms with Crippen molar-refractivity contribution < 1.29 is 34.9 Å². The molecule has 0 aliphatic heterocycles. The lowest BCUT2D eigenvalue weighted by atomic mass is 9.79. The number of nitro groups is 1. The lowest BCUT2D eigenvalue weighted by Crippen LogP contribution is -2.47. The van der Waals surface area contributed by atoms with Gasteiger partial charge in [-0.3, -0.25) is 24.9 Å². The number of aryl methyl sites for hydroxylation is 1. The zero-order valence-corrected chi connectivity index (χ0v) is 15.2. The maximum atomic E-state index is 12.5. The average Bonchev–Trinajstić information content (AvgIpc) is 2.68. The van der Waals surface area contributed by atoms with E-state index in [1.54, 1.807) is 13.0 Å². The molecule has 0 bridgehead atoms. The standard InChI is InChI=1S/C17H18BN3O8/c1-9-4-10(2-3-15(9)22)5-14(17(24)20-27)19-16(23)11-6-12(18(25)26)8-13(7-11)21(28)29/h2-4,6-8,14,22,25-27H,5H2,1H3,(H,19,23)(H,20,24)/t14-/m0/s1. The van der Waals surface area contributed by atoms with E-state index >= 15 is 0 Å². The van der Waals surface area contributed by atoms with Gasteiger partial charge in [0.1, 0.15) is 11.8 Å². The molecule has 0 fully saturated rings. The molecular formula is C17H18BN3O8. The summed E-state index contributed by atoms with van der Waals surface area (Å²) in [5.41, 5.74) is 1.45. The van der Waals surface area contributed by atoms with Crippen LogP contribution in [0.3, 0.4) is 0 Å². The third kappa shape index (κ3) is 5.51. The summed E-state index contributed by atoms with van der Waals surface area (Å²) in [4.78, 5) is 34.7. The molecule has 2 rings (SSSR count). The minimum atomic E-state index is -2.04. The lowest BCUT2D eigenvalue weighted by molar-refractivity contribution is -0.384. The molecule has 29 heavy (non-hydrogen) atoms. The van der Waals surface area contributed by atoms with Gasteiger partial charge in [0.15, 0.2) is 0 Å². The van der Waals surface area contributed by atoms with Crippen molar-refractivity contribution in [2.45, 2.75) is 19.4 Å². The third-order valence-corrected chi connectivity index (χ3v) is 4.14. The Kier molecular flexibility index (Phi) is 6.88. The number of phenols is 1. The minimum Gasteiger partial charge on any atom is -0.508 e. The largest absolute Gasteiger partial charge is 0.508 e. The summed E-state index contributed by atoms with van der Waals surface area (Å²) in [6, 6.07) is 6.13. The highest BCUT2D eigenvalue weighted by molar-refractivity contribution is 6.58. The van der Waals surface area contributed by atoms with Crippen molar-refractivity contribution in [3.8, 4) is 5.75 Å². The van der Waals surface area contributed by atoms with E-state index in [1.165, 1.54) is 17.6 Å². The average molecular weight is 403 g/mol. The highest BCUT2D eigenvalue weighted by Gasteiger charge is 2.25. The third-order valence-electron chi connectivity index (χ3n) is 4.14. The monoisotopic (exact) mass is 403 g/mol. The Bertz CT molecular complexity index is 950. The second kappa shape index (κ2) is 9.14. The number of hydrogen-bond donors (Lipinski definition) is 6. The highest BCUT2D eigenvalue weighted by atomic mass is 16.6. The number of carbonyl (C=O) groups excluding carboxylic acids is 2. The number of non-ortho nitro benzene ring substituents is 1. The smallest absolute Gasteiger partial charge is 0.488 e. The Hall–Kier alpha value is -3.48. The van der Waals surface area contributed by atoms with Crippen LogP contribution in [0.15, 0.2) is 36.4 Å². The number of nitrogens with one attached hydrogen (secondary N) is 2. The molecule has 0 aromatic heterocycles. The van der Waals surface area contributed by atoms with Gasteiger partial charge < -0.3 is 20.5 Å². The van der Waals surface area contributed by atoms with Crippen molar-refractivity contribution in [3.05, 3.63) is 63.2 Å². The molecule has 2 aromatic rings. The van der Waals surface area contributed by atoms with Crippen molar-refractivity contribution in [1.29, 1.82) is 0 Å². The second-order valence-corrected chi connectivity index (χ2v) is 6.27. The fourth-order valence-electron chi connectivity index (χ4n) is 2.63. The van der Waals surface area contributed by atoms with Gasteiger partial charge in [0.05, 0.1) is 4.92 Å². The molecule has 0 heterocycles. The van der Waals surface area contributed by atoms with E-state index < -0.39 is 35.6 Å². The topological polar surface area (TPSA) is 182 Å². The molecule has 2 aromatic carbocycles. The number of hydrogen-bond acceptors (Lipinski definition) is 8. The number of amides is 2. The van der Waals surface area contributed by atoms with Crippen LogP contribution in [-0.2, 0) is 11.2 Å². The molecule has 152 valence electrons. The van der Waals surface area contributed by atoms with Gasteiger partial charge in [-0.2, -0.15) is 0 Å². The molecule has 0 saturated carbocycles. The molecule has 0 aliphatic carbocycles. The lowest BCUT2D eigenvalue weighted by Gasteiger charge is -2.17. The molecule has 11 nitrogen and oxygen atoms in total. The zero-order chi connectivity index (χ0) is 21.7. The van der Waals surface area contributed by atoms with Crippen LogP contribution < -0.4 is 16.3 Å². The summed E-state index contributed by atoms with van der Waals surface area (Å²) in [7, 11) is -2.04. The van der Waals surface area contributed by atoms with E-state index in [-0.39, 0.29) is 23.2 Å². The molecule has 0 radical (unpaired) electrons. The number of benzene rings is 2. The first-order valence-corrected chi connectivity index (χ1v) is 8.31. The summed E-state index contributed by atoms with van der Waals surface area (Å²) < 4.78 is 0. The summed E-state index contributed by atoms with van der Waals surface area (Å²) in [6.07, 6.45) is -0.0519. The quantitative estimate of drug-likeness (QED) is 0.149. The molecule has 0 aliphatic rings. The van der Waals surface area contributed by atoms with Gasteiger partial charge in [0.25, 0.3) is 17.5 Å². The number of carbonyl (C=O) groups is 2. The zero-order valence-electron chi connectivity index (χ0n) is 15.2. The Morgan fingerprint density at radius 3 is 2.45 bits per heavy atom. The maximum absolute atomic E-state index is 12.5. The van der Waals surface area contributed by atoms with Crippen LogP contribution in [0.5, 0.6) is 5.75 Å². The molecule has 12 heteroatoms. The van der Waals surface area contributed by atoms with Crippen molar-refractivity contribution in [2.24, 2.45) is 0 Å². The summed E-state index contributed by atoms with van der Waals surface area (Å²) in [5.74, 6) is -1.79. The van der Waals surface area contributed by atoms with Crippen LogP contribution >= 0.6 is 0 Å². The second-order valence-electron chi connectivity index (χ2n) is 6.27. The molecule has 1 atom stereocenters. The van der Waals surface area contributed by atoms with Gasteiger partial charge in [-0.25, -0.2) is 5.48 Å². The summed E-state index contributed by atoms with van der Waals surface area (Å²) >= 11 is 0. The fraction of sp³-hybridized carbons (Fsp3) is 0.176. The molecule has 2 amide bonds. The first kappa shape index (κ1) is 21.8. The number of rotatable bonds is 7. The summed E-state index contributed by atoms with van der Waals surface area (Å²) in [6.45, 7) is 1.64. The minimum absolute atomic E-state index is 0.0487. The van der Waals surface area contributed by atoms with Crippen LogP contribution in [0, 0.1) is 17.0 Å². The van der Waals surface area contributed by atoms with Gasteiger partial charge in [-0.05, 0) is 35.6 Å². The molecule has 0 saturated heterocycles. The number of nitrogens with zero attached hydrogens (tertiary/aromatic N) is 1. The van der Waals surface area contributed by atoms with Crippen LogP contribution in [-0.4, -0.2) is 50.3 Å². The van der Waals surface area contributed by atoms with Gasteiger partial charge in [-0.1, -0.05) is 12.1 Å². The van der Waals surface area contributed by atoms with Gasteiger partial charge in [-0.15, -0.1) is 0 Å². The molecule has 0 unspecified atom stereocenters. The van der Waals surface area contributed by atoms with Gasteiger partial charge in [0.2, 0.25) is 0 Å². The van der Waals surface area contributed by atoms with Crippen LogP contribution in [0.2, 0.25) is 0 Å². The Labute approximate surface area is 164 Å². The van der Waals surface area contributed by atoms with Crippen molar-refractivity contribution >= 4 is 30.1 Å². The number of phenolic OH excluding ortho intramolecular Hbond substituents is 1. The number of hydroxylamine groups is 1. The first-order valence-electron chi connectivity index (χ1n) is 8.31. The number of aromatic hydroxyl groups is 1. The van der Waals surface area contributed by atoms with E-state index in [1.807, 2.05) is 0 Å². The SMILES string of the molecule is Cc1cc(C[C@H](NC(=O)c2cc(B(O)O)cc([N+](=O)[O-])c2)C(=O)NO)ccc1O. The fourth-order valence-corrected chi connectivity index (χ4v) is 2.63. The molecule has 6 N–H and O–H groups in total. The van der Waals surface area contributed by atoms with E-state index in [9.17, 15) is 34.9 Å². The Morgan fingerprint density at radius 2 is 1.90 bits per heavy atom. The Balaban J connectivity index is 2.31. The van der Waals surface area contributed by atoms with E-state index in [0.29, 0.717) is 11.1 Å².